The first kappa shape index (κ1) is 14.4. The molecule has 0 spiro atoms. The fourth-order valence-electron chi connectivity index (χ4n) is 3.31. The fourth-order valence-corrected chi connectivity index (χ4v) is 3.49. The van der Waals surface area contributed by atoms with Gasteiger partial charge in [-0.1, -0.05) is 35.9 Å². The molecule has 0 fully saturated rings. The number of hydrogen-bond donors (Lipinski definition) is 2. The van der Waals surface area contributed by atoms with Crippen LogP contribution in [0.5, 0.6) is 5.75 Å². The molecule has 3 rings (SSSR count). The van der Waals surface area contributed by atoms with Gasteiger partial charge < -0.3 is 4.74 Å². The van der Waals surface area contributed by atoms with Gasteiger partial charge >= 0.3 is 0 Å². The van der Waals surface area contributed by atoms with E-state index in [0.29, 0.717) is 10.9 Å². The van der Waals surface area contributed by atoms with Crippen molar-refractivity contribution in [3.63, 3.8) is 0 Å². The van der Waals surface area contributed by atoms with Crippen LogP contribution in [-0.4, -0.2) is 7.11 Å². The summed E-state index contributed by atoms with van der Waals surface area (Å²) in [5, 5.41) is 0.692. The maximum absolute atomic E-state index is 6.16. The van der Waals surface area contributed by atoms with Crippen molar-refractivity contribution < 1.29 is 4.74 Å². The normalized spacial score (nSPS) is 18.3. The Morgan fingerprint density at radius 3 is 2.86 bits per heavy atom. The number of aryl methyl sites for hydroxylation is 1. The Balaban J connectivity index is 2.02. The smallest absolute Gasteiger partial charge is 0.123 e. The van der Waals surface area contributed by atoms with E-state index in [9.17, 15) is 0 Å². The van der Waals surface area contributed by atoms with Crippen molar-refractivity contribution in [1.29, 1.82) is 0 Å². The van der Waals surface area contributed by atoms with Crippen LogP contribution in [-0.2, 0) is 6.42 Å². The predicted octanol–water partition coefficient (Wildman–Crippen LogP) is 3.58. The molecule has 4 heteroatoms. The third-order valence-electron chi connectivity index (χ3n) is 4.29. The van der Waals surface area contributed by atoms with E-state index in [1.54, 1.807) is 7.11 Å². The Bertz CT molecular complexity index is 644. The molecule has 0 bridgehead atoms. The lowest BCUT2D eigenvalue weighted by Gasteiger charge is -2.26. The van der Waals surface area contributed by atoms with Gasteiger partial charge in [-0.2, -0.15) is 0 Å². The highest BCUT2D eigenvalue weighted by Crippen LogP contribution is 2.43. The third kappa shape index (κ3) is 2.64. The zero-order valence-electron chi connectivity index (χ0n) is 12.0. The standard InChI is InChI=1S/C17H19ClN2O/c1-21-16-9-7-12(18)10-15(16)17(20-19)14-8-6-11-4-2-3-5-13(11)14/h2-5,7,9-10,14,17,20H,6,8,19H2,1H3. The molecular formula is C17H19ClN2O. The zero-order valence-corrected chi connectivity index (χ0v) is 12.7. The van der Waals surface area contributed by atoms with Gasteiger partial charge in [0.15, 0.2) is 0 Å². The number of rotatable bonds is 4. The molecule has 0 saturated carbocycles. The molecule has 2 aromatic carbocycles. The van der Waals surface area contributed by atoms with E-state index in [4.69, 9.17) is 22.2 Å². The molecule has 0 heterocycles. The minimum absolute atomic E-state index is 0.0118. The van der Waals surface area contributed by atoms with E-state index in [0.717, 1.165) is 24.2 Å². The van der Waals surface area contributed by atoms with Crippen molar-refractivity contribution in [2.24, 2.45) is 5.84 Å². The molecule has 2 atom stereocenters. The molecule has 0 aliphatic heterocycles. The minimum Gasteiger partial charge on any atom is -0.496 e. The summed E-state index contributed by atoms with van der Waals surface area (Å²) in [6, 6.07) is 14.2. The van der Waals surface area contributed by atoms with E-state index in [1.165, 1.54) is 11.1 Å². The Hall–Kier alpha value is -1.55. The Morgan fingerprint density at radius 1 is 1.29 bits per heavy atom. The topological polar surface area (TPSA) is 47.3 Å². The number of halogens is 1. The number of hydrazine groups is 1. The summed E-state index contributed by atoms with van der Waals surface area (Å²) in [6.07, 6.45) is 2.16. The quantitative estimate of drug-likeness (QED) is 0.670. The summed E-state index contributed by atoms with van der Waals surface area (Å²) in [5.41, 5.74) is 6.74. The molecule has 1 aliphatic rings. The van der Waals surface area contributed by atoms with Crippen LogP contribution in [0.4, 0.5) is 0 Å². The SMILES string of the molecule is COc1ccc(Cl)cc1C(NN)C1CCc2ccccc21. The highest BCUT2D eigenvalue weighted by molar-refractivity contribution is 6.30. The number of nitrogens with one attached hydrogen (secondary N) is 1. The van der Waals surface area contributed by atoms with Crippen LogP contribution in [0.2, 0.25) is 5.02 Å². The van der Waals surface area contributed by atoms with Gasteiger partial charge in [0.1, 0.15) is 5.75 Å². The number of methoxy groups -OCH3 is 1. The maximum Gasteiger partial charge on any atom is 0.123 e. The second-order valence-electron chi connectivity index (χ2n) is 5.37. The summed E-state index contributed by atoms with van der Waals surface area (Å²) in [4.78, 5) is 0. The molecule has 0 saturated heterocycles. The lowest BCUT2D eigenvalue weighted by atomic mass is 9.88. The van der Waals surface area contributed by atoms with Crippen LogP contribution in [0.15, 0.2) is 42.5 Å². The molecule has 0 radical (unpaired) electrons. The highest BCUT2D eigenvalue weighted by atomic mass is 35.5. The van der Waals surface area contributed by atoms with Gasteiger partial charge in [-0.15, -0.1) is 0 Å². The highest BCUT2D eigenvalue weighted by Gasteiger charge is 2.31. The van der Waals surface area contributed by atoms with E-state index in [1.807, 2.05) is 18.2 Å². The number of benzene rings is 2. The Labute approximate surface area is 130 Å². The average molecular weight is 303 g/mol. The van der Waals surface area contributed by atoms with Gasteiger partial charge in [-0.3, -0.25) is 11.3 Å². The van der Waals surface area contributed by atoms with Crippen molar-refractivity contribution >= 4 is 11.6 Å². The van der Waals surface area contributed by atoms with Crippen LogP contribution in [0.1, 0.15) is 35.1 Å². The van der Waals surface area contributed by atoms with Gasteiger partial charge in [0.25, 0.3) is 0 Å². The Kier molecular flexibility index (Phi) is 4.15. The lowest BCUT2D eigenvalue weighted by molar-refractivity contribution is 0.385. The van der Waals surface area contributed by atoms with Crippen molar-refractivity contribution in [2.75, 3.05) is 7.11 Å². The second-order valence-corrected chi connectivity index (χ2v) is 5.81. The Morgan fingerprint density at radius 2 is 2.10 bits per heavy atom. The monoisotopic (exact) mass is 302 g/mol. The van der Waals surface area contributed by atoms with E-state index in [-0.39, 0.29) is 6.04 Å². The molecular weight excluding hydrogens is 284 g/mol. The lowest BCUT2D eigenvalue weighted by Crippen LogP contribution is -2.32. The van der Waals surface area contributed by atoms with Crippen molar-refractivity contribution in [1.82, 2.24) is 5.43 Å². The predicted molar refractivity (Wildman–Crippen MR) is 85.6 cm³/mol. The van der Waals surface area contributed by atoms with Crippen molar-refractivity contribution in [3.8, 4) is 5.75 Å². The molecule has 21 heavy (non-hydrogen) atoms. The summed E-state index contributed by atoms with van der Waals surface area (Å²) in [7, 11) is 1.67. The largest absolute Gasteiger partial charge is 0.496 e. The average Bonchev–Trinajstić information content (AvgIpc) is 2.93. The molecule has 0 aromatic heterocycles. The van der Waals surface area contributed by atoms with Gasteiger partial charge in [-0.25, -0.2) is 0 Å². The van der Waals surface area contributed by atoms with E-state index >= 15 is 0 Å². The van der Waals surface area contributed by atoms with Gasteiger partial charge in [0.2, 0.25) is 0 Å². The van der Waals surface area contributed by atoms with Crippen LogP contribution in [0.3, 0.4) is 0 Å². The van der Waals surface area contributed by atoms with Crippen molar-refractivity contribution in [2.45, 2.75) is 24.8 Å². The molecule has 3 N–H and O–H groups in total. The van der Waals surface area contributed by atoms with Gasteiger partial charge in [0, 0.05) is 16.5 Å². The first-order valence-electron chi connectivity index (χ1n) is 7.12. The zero-order chi connectivity index (χ0) is 14.8. The van der Waals surface area contributed by atoms with Crippen LogP contribution in [0, 0.1) is 0 Å². The minimum atomic E-state index is -0.0118. The first-order chi connectivity index (χ1) is 10.2. The molecule has 110 valence electrons. The van der Waals surface area contributed by atoms with Gasteiger partial charge in [-0.05, 0) is 42.2 Å². The van der Waals surface area contributed by atoms with Crippen LogP contribution >= 0.6 is 11.6 Å². The first-order valence-corrected chi connectivity index (χ1v) is 7.49. The van der Waals surface area contributed by atoms with Gasteiger partial charge in [0.05, 0.1) is 13.2 Å². The number of nitrogens with two attached hydrogens (primary N) is 1. The summed E-state index contributed by atoms with van der Waals surface area (Å²) in [6.45, 7) is 0. The third-order valence-corrected chi connectivity index (χ3v) is 4.52. The fraction of sp³-hybridized carbons (Fsp3) is 0.294. The van der Waals surface area contributed by atoms with Crippen LogP contribution < -0.4 is 16.0 Å². The molecule has 2 unspecified atom stereocenters. The van der Waals surface area contributed by atoms with E-state index < -0.39 is 0 Å². The van der Waals surface area contributed by atoms with Crippen molar-refractivity contribution in [3.05, 3.63) is 64.2 Å². The second kappa shape index (κ2) is 6.06. The summed E-state index contributed by atoms with van der Waals surface area (Å²) < 4.78 is 5.48. The molecule has 2 aromatic rings. The molecule has 0 amide bonds. The number of hydrogen-bond acceptors (Lipinski definition) is 3. The van der Waals surface area contributed by atoms with Crippen LogP contribution in [0.25, 0.3) is 0 Å². The maximum atomic E-state index is 6.16. The van der Waals surface area contributed by atoms with E-state index in [2.05, 4.69) is 29.7 Å². The summed E-state index contributed by atoms with van der Waals surface area (Å²) in [5.74, 6) is 7.01. The molecule has 1 aliphatic carbocycles. The number of ether oxygens (including phenoxy) is 1. The number of fused-ring (bicyclic) bond motifs is 1. The summed E-state index contributed by atoms with van der Waals surface area (Å²) >= 11 is 6.16. The molecule has 3 nitrogen and oxygen atoms in total.